The Morgan fingerprint density at radius 2 is 1.79 bits per heavy atom. The molecule has 4 rings (SSSR count). The van der Waals surface area contributed by atoms with E-state index in [-0.39, 0.29) is 0 Å². The highest BCUT2D eigenvalue weighted by atomic mass is 15.1. The van der Waals surface area contributed by atoms with Crippen LogP contribution < -0.4 is 5.73 Å². The standard InChI is InChI=1S/C16H13N3/c17-12-7-5-10(6-8-12)15-14-9-11-3-1-2-4-13(11)16(14)19-18-15/h1-8H,9,17H2,(H,18,19). The Hall–Kier alpha value is -2.55. The van der Waals surface area contributed by atoms with Crippen molar-refractivity contribution in [1.29, 1.82) is 0 Å². The van der Waals surface area contributed by atoms with Gasteiger partial charge in [0.15, 0.2) is 0 Å². The fourth-order valence-corrected chi connectivity index (χ4v) is 2.75. The van der Waals surface area contributed by atoms with E-state index in [1.807, 2.05) is 24.3 Å². The van der Waals surface area contributed by atoms with E-state index in [1.165, 1.54) is 16.7 Å². The molecule has 0 amide bonds. The predicted octanol–water partition coefficient (Wildman–Crippen LogP) is 3.23. The van der Waals surface area contributed by atoms with Crippen LogP contribution in [0.5, 0.6) is 0 Å². The molecule has 19 heavy (non-hydrogen) atoms. The van der Waals surface area contributed by atoms with Crippen LogP contribution in [-0.2, 0) is 6.42 Å². The van der Waals surface area contributed by atoms with Gasteiger partial charge in [0.25, 0.3) is 0 Å². The molecule has 3 aromatic rings. The average Bonchev–Trinajstić information content (AvgIpc) is 2.98. The van der Waals surface area contributed by atoms with Crippen molar-refractivity contribution in [3.63, 3.8) is 0 Å². The summed E-state index contributed by atoms with van der Waals surface area (Å²) in [6.07, 6.45) is 0.946. The first kappa shape index (κ1) is 10.4. The topological polar surface area (TPSA) is 54.7 Å². The number of rotatable bonds is 1. The zero-order valence-electron chi connectivity index (χ0n) is 10.4. The molecule has 92 valence electrons. The molecule has 3 N–H and O–H groups in total. The minimum atomic E-state index is 0.777. The van der Waals surface area contributed by atoms with Crippen LogP contribution in [0.15, 0.2) is 48.5 Å². The molecule has 0 unspecified atom stereocenters. The molecule has 0 saturated carbocycles. The van der Waals surface area contributed by atoms with Gasteiger partial charge in [0.1, 0.15) is 0 Å². The number of hydrogen-bond donors (Lipinski definition) is 2. The molecule has 1 aliphatic rings. The van der Waals surface area contributed by atoms with E-state index in [0.717, 1.165) is 29.1 Å². The maximum absolute atomic E-state index is 5.73. The molecule has 0 bridgehead atoms. The molecular formula is C16H13N3. The van der Waals surface area contributed by atoms with Crippen LogP contribution in [0.1, 0.15) is 11.1 Å². The van der Waals surface area contributed by atoms with E-state index in [2.05, 4.69) is 34.5 Å². The SMILES string of the molecule is Nc1ccc(-c2n[nH]c3c2Cc2ccccc2-3)cc1. The molecular weight excluding hydrogens is 234 g/mol. The quantitative estimate of drug-likeness (QED) is 0.507. The molecule has 0 radical (unpaired) electrons. The summed E-state index contributed by atoms with van der Waals surface area (Å²) < 4.78 is 0. The molecule has 1 aliphatic carbocycles. The first-order valence-electron chi connectivity index (χ1n) is 6.34. The largest absolute Gasteiger partial charge is 0.399 e. The number of nitrogens with two attached hydrogens (primary N) is 1. The smallest absolute Gasteiger partial charge is 0.0962 e. The minimum Gasteiger partial charge on any atom is -0.399 e. The van der Waals surface area contributed by atoms with Gasteiger partial charge in [-0.05, 0) is 17.7 Å². The summed E-state index contributed by atoms with van der Waals surface area (Å²) in [5.41, 5.74) is 13.7. The molecule has 0 saturated heterocycles. The summed E-state index contributed by atoms with van der Waals surface area (Å²) in [4.78, 5) is 0. The maximum Gasteiger partial charge on any atom is 0.0962 e. The summed E-state index contributed by atoms with van der Waals surface area (Å²) in [6.45, 7) is 0. The van der Waals surface area contributed by atoms with Gasteiger partial charge < -0.3 is 5.73 Å². The number of benzene rings is 2. The third-order valence-electron chi connectivity index (χ3n) is 3.71. The highest BCUT2D eigenvalue weighted by Gasteiger charge is 2.24. The van der Waals surface area contributed by atoms with E-state index in [1.54, 1.807) is 0 Å². The zero-order chi connectivity index (χ0) is 12.8. The molecule has 3 heteroatoms. The van der Waals surface area contributed by atoms with Crippen LogP contribution in [0.2, 0.25) is 0 Å². The second kappa shape index (κ2) is 3.72. The van der Waals surface area contributed by atoms with Crippen molar-refractivity contribution in [2.45, 2.75) is 6.42 Å². The fourth-order valence-electron chi connectivity index (χ4n) is 2.75. The van der Waals surface area contributed by atoms with Gasteiger partial charge in [-0.2, -0.15) is 5.10 Å². The van der Waals surface area contributed by atoms with Crippen molar-refractivity contribution in [3.05, 3.63) is 59.7 Å². The number of fused-ring (bicyclic) bond motifs is 3. The molecule has 0 spiro atoms. The number of H-pyrrole nitrogens is 1. The molecule has 0 aliphatic heterocycles. The highest BCUT2D eigenvalue weighted by Crippen LogP contribution is 2.39. The number of nitrogens with one attached hydrogen (secondary N) is 1. The van der Waals surface area contributed by atoms with Gasteiger partial charge in [-0.1, -0.05) is 36.4 Å². The summed E-state index contributed by atoms with van der Waals surface area (Å²) in [7, 11) is 0. The van der Waals surface area contributed by atoms with Gasteiger partial charge >= 0.3 is 0 Å². The van der Waals surface area contributed by atoms with E-state index >= 15 is 0 Å². The lowest BCUT2D eigenvalue weighted by molar-refractivity contribution is 1.09. The summed E-state index contributed by atoms with van der Waals surface area (Å²) >= 11 is 0. The Bertz CT molecular complexity index is 754. The second-order valence-electron chi connectivity index (χ2n) is 4.88. The Labute approximate surface area is 111 Å². The van der Waals surface area contributed by atoms with Gasteiger partial charge in [0, 0.05) is 28.8 Å². The van der Waals surface area contributed by atoms with Crippen LogP contribution in [0.3, 0.4) is 0 Å². The van der Waals surface area contributed by atoms with Crippen LogP contribution in [0, 0.1) is 0 Å². The average molecular weight is 247 g/mol. The van der Waals surface area contributed by atoms with Crippen molar-refractivity contribution in [2.75, 3.05) is 5.73 Å². The second-order valence-corrected chi connectivity index (χ2v) is 4.88. The number of aromatic nitrogens is 2. The lowest BCUT2D eigenvalue weighted by Crippen LogP contribution is -1.88. The minimum absolute atomic E-state index is 0.777. The van der Waals surface area contributed by atoms with Crippen molar-refractivity contribution < 1.29 is 0 Å². The van der Waals surface area contributed by atoms with Crippen LogP contribution in [0.4, 0.5) is 5.69 Å². The Kier molecular flexibility index (Phi) is 2.03. The van der Waals surface area contributed by atoms with E-state index in [9.17, 15) is 0 Å². The van der Waals surface area contributed by atoms with Crippen molar-refractivity contribution in [1.82, 2.24) is 10.2 Å². The molecule has 0 fully saturated rings. The third kappa shape index (κ3) is 1.48. The normalized spacial score (nSPS) is 12.2. The summed E-state index contributed by atoms with van der Waals surface area (Å²) in [5, 5.41) is 7.65. The number of anilines is 1. The van der Waals surface area contributed by atoms with Crippen molar-refractivity contribution in [2.24, 2.45) is 0 Å². The van der Waals surface area contributed by atoms with E-state index < -0.39 is 0 Å². The van der Waals surface area contributed by atoms with Crippen LogP contribution in [0.25, 0.3) is 22.5 Å². The fraction of sp³-hybridized carbons (Fsp3) is 0.0625. The number of nitrogens with zero attached hydrogens (tertiary/aromatic N) is 1. The number of aromatic amines is 1. The molecule has 1 aromatic heterocycles. The lowest BCUT2D eigenvalue weighted by Gasteiger charge is -2.00. The van der Waals surface area contributed by atoms with Crippen LogP contribution >= 0.6 is 0 Å². The molecule has 1 heterocycles. The van der Waals surface area contributed by atoms with Crippen LogP contribution in [-0.4, -0.2) is 10.2 Å². The predicted molar refractivity (Wildman–Crippen MR) is 76.7 cm³/mol. The van der Waals surface area contributed by atoms with Crippen molar-refractivity contribution >= 4 is 5.69 Å². The van der Waals surface area contributed by atoms with E-state index in [0.29, 0.717) is 0 Å². The Morgan fingerprint density at radius 1 is 1.00 bits per heavy atom. The van der Waals surface area contributed by atoms with E-state index in [4.69, 9.17) is 5.73 Å². The number of nitrogen functional groups attached to an aromatic ring is 1. The first-order valence-corrected chi connectivity index (χ1v) is 6.34. The Balaban J connectivity index is 1.87. The van der Waals surface area contributed by atoms with Gasteiger partial charge in [-0.15, -0.1) is 0 Å². The lowest BCUT2D eigenvalue weighted by atomic mass is 10.1. The van der Waals surface area contributed by atoms with Gasteiger partial charge in [-0.3, -0.25) is 5.10 Å². The number of hydrogen-bond acceptors (Lipinski definition) is 2. The third-order valence-corrected chi connectivity index (χ3v) is 3.71. The van der Waals surface area contributed by atoms with Gasteiger partial charge in [0.2, 0.25) is 0 Å². The summed E-state index contributed by atoms with van der Waals surface area (Å²) in [6, 6.07) is 16.3. The molecule has 0 atom stereocenters. The van der Waals surface area contributed by atoms with Gasteiger partial charge in [0.05, 0.1) is 11.4 Å². The van der Waals surface area contributed by atoms with Gasteiger partial charge in [-0.25, -0.2) is 0 Å². The van der Waals surface area contributed by atoms with Crippen molar-refractivity contribution in [3.8, 4) is 22.5 Å². The summed E-state index contributed by atoms with van der Waals surface area (Å²) in [5.74, 6) is 0. The first-order chi connectivity index (χ1) is 9.33. The Morgan fingerprint density at radius 3 is 2.63 bits per heavy atom. The molecule has 2 aromatic carbocycles. The highest BCUT2D eigenvalue weighted by molar-refractivity contribution is 5.81. The zero-order valence-corrected chi connectivity index (χ0v) is 10.4. The monoisotopic (exact) mass is 247 g/mol. The molecule has 3 nitrogen and oxygen atoms in total. The maximum atomic E-state index is 5.73.